The van der Waals surface area contributed by atoms with Gasteiger partial charge in [0.1, 0.15) is 0 Å². The van der Waals surface area contributed by atoms with Crippen LogP contribution in [0.25, 0.3) is 0 Å². The fourth-order valence-corrected chi connectivity index (χ4v) is 5.26. The van der Waals surface area contributed by atoms with Crippen LogP contribution in [0.5, 0.6) is 0 Å². The first-order chi connectivity index (χ1) is 19.2. The zero-order valence-corrected chi connectivity index (χ0v) is 26.0. The number of unbranched alkanes of at least 4 members (excludes halogenated alkanes) is 13. The monoisotopic (exact) mass is 572 g/mol. The van der Waals surface area contributed by atoms with Gasteiger partial charge < -0.3 is 20.0 Å². The predicted octanol–water partition coefficient (Wildman–Crippen LogP) is 7.85. The topological polar surface area (TPSA) is 98.1 Å². The summed E-state index contributed by atoms with van der Waals surface area (Å²) in [4.78, 5) is 39.1. The van der Waals surface area contributed by atoms with Crippen LogP contribution < -0.4 is 0 Å². The van der Waals surface area contributed by atoms with Crippen molar-refractivity contribution in [2.75, 3.05) is 27.2 Å². The van der Waals surface area contributed by atoms with E-state index in [1.807, 2.05) is 14.1 Å². The molecule has 0 aliphatic heterocycles. The maximum absolute atomic E-state index is 13.4. The van der Waals surface area contributed by atoms with E-state index in [4.69, 9.17) is 10.2 Å². The van der Waals surface area contributed by atoms with Crippen molar-refractivity contribution in [3.63, 3.8) is 0 Å². The van der Waals surface area contributed by atoms with Gasteiger partial charge in [0.25, 0.3) is 0 Å². The second-order valence-electron chi connectivity index (χ2n) is 11.8. The van der Waals surface area contributed by atoms with Gasteiger partial charge in [0, 0.05) is 25.4 Å². The van der Waals surface area contributed by atoms with Gasteiger partial charge in [-0.2, -0.15) is 0 Å². The first kappa shape index (κ1) is 38.3. The Balaban J connectivity index is 5.01. The van der Waals surface area contributed by atoms with Crippen molar-refractivity contribution in [1.82, 2.24) is 9.80 Å². The summed E-state index contributed by atoms with van der Waals surface area (Å²) in [5.41, 5.74) is 0. The fourth-order valence-electron chi connectivity index (χ4n) is 5.26. The maximum atomic E-state index is 13.4. The standard InChI is InChI=1S/C32H61FN2O5/c1-4-5-6-7-8-10-15-21-28(22-16-12-13-17-23-29(33)32(39)40)35(30(36)24-20-26-34(2)3)27-19-14-9-11-18-25-31(37)38/h28-29H,4-27H2,1-3H3,(H,37,38)(H,39,40). The molecule has 0 aromatic heterocycles. The number of aliphatic carboxylic acids is 2. The molecule has 236 valence electrons. The SMILES string of the molecule is CCCCCCCCCC(CCCCCCC(F)C(=O)O)N(CCCCCCCC(=O)O)C(=O)CCCN(C)C. The van der Waals surface area contributed by atoms with Gasteiger partial charge >= 0.3 is 11.9 Å². The number of rotatable bonds is 29. The molecule has 0 aromatic carbocycles. The average Bonchev–Trinajstić information content (AvgIpc) is 2.90. The Labute approximate surface area is 244 Å². The molecule has 0 rings (SSSR count). The van der Waals surface area contributed by atoms with E-state index in [-0.39, 0.29) is 24.8 Å². The highest BCUT2D eigenvalue weighted by Gasteiger charge is 2.23. The minimum absolute atomic E-state index is 0.0692. The number of carbonyl (C=O) groups is 3. The molecule has 2 atom stereocenters. The third-order valence-electron chi connectivity index (χ3n) is 7.70. The Morgan fingerprint density at radius 2 is 1.12 bits per heavy atom. The number of nitrogens with zero attached hydrogens (tertiary/aromatic N) is 2. The second kappa shape index (κ2) is 26.2. The van der Waals surface area contributed by atoms with Crippen LogP contribution in [-0.4, -0.2) is 77.3 Å². The van der Waals surface area contributed by atoms with Gasteiger partial charge in [-0.3, -0.25) is 9.59 Å². The summed E-state index contributed by atoms with van der Waals surface area (Å²) in [7, 11) is 4.05. The number of hydrogen-bond donors (Lipinski definition) is 2. The third-order valence-corrected chi connectivity index (χ3v) is 7.70. The largest absolute Gasteiger partial charge is 0.481 e. The number of carboxylic acids is 2. The van der Waals surface area contributed by atoms with Gasteiger partial charge in [-0.1, -0.05) is 90.4 Å². The summed E-state index contributed by atoms with van der Waals surface area (Å²) in [6, 6.07) is 0.211. The zero-order valence-electron chi connectivity index (χ0n) is 26.0. The van der Waals surface area contributed by atoms with Crippen LogP contribution in [-0.2, 0) is 14.4 Å². The summed E-state index contributed by atoms with van der Waals surface area (Å²) in [5.74, 6) is -1.88. The van der Waals surface area contributed by atoms with Crippen molar-refractivity contribution in [3.8, 4) is 0 Å². The summed E-state index contributed by atoms with van der Waals surface area (Å²) < 4.78 is 13.4. The molecule has 8 heteroatoms. The Hall–Kier alpha value is -1.70. The molecule has 1 amide bonds. The molecule has 7 nitrogen and oxygen atoms in total. The first-order valence-electron chi connectivity index (χ1n) is 16.2. The van der Waals surface area contributed by atoms with Crippen LogP contribution in [0.1, 0.15) is 148 Å². The predicted molar refractivity (Wildman–Crippen MR) is 161 cm³/mol. The van der Waals surface area contributed by atoms with E-state index in [1.54, 1.807) is 0 Å². The number of alkyl halides is 1. The van der Waals surface area contributed by atoms with Crippen LogP contribution in [0.3, 0.4) is 0 Å². The molecule has 0 bridgehead atoms. The minimum atomic E-state index is -1.77. The number of halogens is 1. The number of carboxylic acid groups (broad SMARTS) is 2. The normalized spacial score (nSPS) is 12.9. The molecule has 0 radical (unpaired) electrons. The Morgan fingerprint density at radius 1 is 0.625 bits per heavy atom. The lowest BCUT2D eigenvalue weighted by molar-refractivity contribution is -0.143. The molecule has 0 aromatic rings. The van der Waals surface area contributed by atoms with E-state index in [0.717, 1.165) is 83.7 Å². The molecule has 2 N–H and O–H groups in total. The Bertz CT molecular complexity index is 647. The lowest BCUT2D eigenvalue weighted by atomic mass is 9.97. The molecule has 0 saturated carbocycles. The van der Waals surface area contributed by atoms with Crippen LogP contribution in [0, 0.1) is 0 Å². The number of hydrogen-bond acceptors (Lipinski definition) is 4. The lowest BCUT2D eigenvalue weighted by Gasteiger charge is -2.33. The van der Waals surface area contributed by atoms with E-state index in [0.29, 0.717) is 19.3 Å². The molecule has 0 spiro atoms. The molecular formula is C32H61FN2O5. The van der Waals surface area contributed by atoms with E-state index in [9.17, 15) is 18.8 Å². The van der Waals surface area contributed by atoms with Crippen molar-refractivity contribution in [2.24, 2.45) is 0 Å². The van der Waals surface area contributed by atoms with Crippen molar-refractivity contribution in [1.29, 1.82) is 0 Å². The van der Waals surface area contributed by atoms with Crippen LogP contribution in [0.15, 0.2) is 0 Å². The Morgan fingerprint density at radius 3 is 1.65 bits per heavy atom. The smallest absolute Gasteiger partial charge is 0.338 e. The molecule has 0 aliphatic rings. The highest BCUT2D eigenvalue weighted by molar-refractivity contribution is 5.76. The van der Waals surface area contributed by atoms with Gasteiger partial charge in [0.05, 0.1) is 0 Å². The molecule has 0 aliphatic carbocycles. The molecule has 0 saturated heterocycles. The first-order valence-corrected chi connectivity index (χ1v) is 16.2. The summed E-state index contributed by atoms with van der Waals surface area (Å²) in [6.45, 7) is 3.87. The minimum Gasteiger partial charge on any atom is -0.481 e. The molecular weight excluding hydrogens is 511 g/mol. The van der Waals surface area contributed by atoms with Crippen molar-refractivity contribution in [2.45, 2.75) is 160 Å². The highest BCUT2D eigenvalue weighted by atomic mass is 19.1. The number of carbonyl (C=O) groups excluding carboxylic acids is 1. The lowest BCUT2D eigenvalue weighted by Crippen LogP contribution is -2.41. The van der Waals surface area contributed by atoms with Gasteiger partial charge in [0.15, 0.2) is 6.17 Å². The molecule has 0 heterocycles. The fraction of sp³-hybridized carbons (Fsp3) is 0.906. The van der Waals surface area contributed by atoms with E-state index in [2.05, 4.69) is 16.7 Å². The molecule has 0 fully saturated rings. The average molecular weight is 573 g/mol. The van der Waals surface area contributed by atoms with Gasteiger partial charge in [-0.05, 0) is 65.6 Å². The Kier molecular flexibility index (Phi) is 25.1. The molecule has 40 heavy (non-hydrogen) atoms. The van der Waals surface area contributed by atoms with Crippen LogP contribution in [0.2, 0.25) is 0 Å². The van der Waals surface area contributed by atoms with Gasteiger partial charge in [-0.25, -0.2) is 9.18 Å². The summed E-state index contributed by atoms with van der Waals surface area (Å²) in [5, 5.41) is 17.6. The van der Waals surface area contributed by atoms with Crippen molar-refractivity contribution < 1.29 is 29.0 Å². The van der Waals surface area contributed by atoms with Crippen molar-refractivity contribution in [3.05, 3.63) is 0 Å². The quantitative estimate of drug-likeness (QED) is 0.0886. The van der Waals surface area contributed by atoms with Gasteiger partial charge in [0.2, 0.25) is 5.91 Å². The van der Waals surface area contributed by atoms with Gasteiger partial charge in [-0.15, -0.1) is 0 Å². The number of amides is 1. The zero-order chi connectivity index (χ0) is 30.0. The summed E-state index contributed by atoms with van der Waals surface area (Å²) in [6.07, 6.45) is 18.3. The van der Waals surface area contributed by atoms with Crippen LogP contribution >= 0.6 is 0 Å². The van der Waals surface area contributed by atoms with Crippen LogP contribution in [0.4, 0.5) is 4.39 Å². The summed E-state index contributed by atoms with van der Waals surface area (Å²) >= 11 is 0. The van der Waals surface area contributed by atoms with E-state index in [1.165, 1.54) is 38.5 Å². The maximum Gasteiger partial charge on any atom is 0.338 e. The highest BCUT2D eigenvalue weighted by Crippen LogP contribution is 2.22. The van der Waals surface area contributed by atoms with E-state index < -0.39 is 18.1 Å². The van der Waals surface area contributed by atoms with E-state index >= 15 is 0 Å². The molecule has 2 unspecified atom stereocenters. The van der Waals surface area contributed by atoms with Crippen molar-refractivity contribution >= 4 is 17.8 Å². The third kappa shape index (κ3) is 23.0. The second-order valence-corrected chi connectivity index (χ2v) is 11.8.